The quantitative estimate of drug-likeness (QED) is 0.826. The van der Waals surface area contributed by atoms with Crippen molar-refractivity contribution in [2.24, 2.45) is 5.92 Å². The van der Waals surface area contributed by atoms with E-state index in [0.29, 0.717) is 12.8 Å². The molecule has 0 aromatic heterocycles. The number of carbonyl (C=O) groups excluding carboxylic acids is 1. The van der Waals surface area contributed by atoms with Gasteiger partial charge in [0.15, 0.2) is 0 Å². The summed E-state index contributed by atoms with van der Waals surface area (Å²) in [5.41, 5.74) is 0.441. The number of nitrogens with one attached hydrogen (secondary N) is 2. The SMILES string of the molecule is CCS(=O)(=O)Nc1cccc(C(=O)NC2CCCC(C(F)(F)F)C2)c1. The van der Waals surface area contributed by atoms with Crippen molar-refractivity contribution in [1.29, 1.82) is 0 Å². The standard InChI is InChI=1S/C16H21F3N2O3S/c1-2-25(23,24)21-14-8-3-5-11(9-14)15(22)20-13-7-4-6-12(10-13)16(17,18)19/h3,5,8-9,12-13,21H,2,4,6-7,10H2,1H3,(H,20,22). The normalized spacial score (nSPS) is 21.6. The molecule has 0 bridgehead atoms. The predicted octanol–water partition coefficient (Wildman–Crippen LogP) is 3.30. The molecule has 0 heterocycles. The maximum absolute atomic E-state index is 12.8. The Kier molecular flexibility index (Phi) is 5.97. The van der Waals surface area contributed by atoms with E-state index < -0.39 is 34.1 Å². The second kappa shape index (κ2) is 7.63. The zero-order valence-electron chi connectivity index (χ0n) is 13.8. The molecule has 5 nitrogen and oxygen atoms in total. The molecule has 1 aliphatic carbocycles. The Bertz CT molecular complexity index is 720. The van der Waals surface area contributed by atoms with Crippen LogP contribution in [0.5, 0.6) is 0 Å². The fourth-order valence-corrected chi connectivity index (χ4v) is 3.49. The summed E-state index contributed by atoms with van der Waals surface area (Å²) in [6.07, 6.45) is -3.38. The molecule has 2 rings (SSSR count). The van der Waals surface area contributed by atoms with Gasteiger partial charge < -0.3 is 5.32 Å². The highest BCUT2D eigenvalue weighted by Gasteiger charge is 2.42. The average Bonchev–Trinajstić information content (AvgIpc) is 2.54. The van der Waals surface area contributed by atoms with Crippen molar-refractivity contribution in [1.82, 2.24) is 5.32 Å². The molecule has 0 radical (unpaired) electrons. The predicted molar refractivity (Wildman–Crippen MR) is 88.8 cm³/mol. The molecule has 0 aliphatic heterocycles. The van der Waals surface area contributed by atoms with Crippen LogP contribution in [-0.2, 0) is 10.0 Å². The smallest absolute Gasteiger partial charge is 0.349 e. The topological polar surface area (TPSA) is 75.3 Å². The van der Waals surface area contributed by atoms with Gasteiger partial charge in [0.2, 0.25) is 10.0 Å². The van der Waals surface area contributed by atoms with Crippen LogP contribution in [-0.4, -0.2) is 32.3 Å². The molecule has 1 aromatic carbocycles. The van der Waals surface area contributed by atoms with E-state index in [0.717, 1.165) is 0 Å². The van der Waals surface area contributed by atoms with Crippen LogP contribution >= 0.6 is 0 Å². The van der Waals surface area contributed by atoms with Gasteiger partial charge in [0.1, 0.15) is 0 Å². The number of rotatable bonds is 5. The summed E-state index contributed by atoms with van der Waals surface area (Å²) < 4.78 is 64.0. The molecule has 0 spiro atoms. The zero-order chi connectivity index (χ0) is 18.7. The Hall–Kier alpha value is -1.77. The van der Waals surface area contributed by atoms with Gasteiger partial charge in [0, 0.05) is 17.3 Å². The summed E-state index contributed by atoms with van der Waals surface area (Å²) in [7, 11) is -3.47. The van der Waals surface area contributed by atoms with E-state index in [4.69, 9.17) is 0 Å². The first kappa shape index (κ1) is 19.6. The summed E-state index contributed by atoms with van der Waals surface area (Å²) >= 11 is 0. The van der Waals surface area contributed by atoms with E-state index in [1.165, 1.54) is 31.2 Å². The van der Waals surface area contributed by atoms with Crippen LogP contribution in [0.3, 0.4) is 0 Å². The summed E-state index contributed by atoms with van der Waals surface area (Å²) in [5, 5.41) is 2.63. The zero-order valence-corrected chi connectivity index (χ0v) is 14.6. The number of amides is 1. The van der Waals surface area contributed by atoms with Crippen LogP contribution in [0.15, 0.2) is 24.3 Å². The van der Waals surface area contributed by atoms with Crippen molar-refractivity contribution >= 4 is 21.6 Å². The molecular weight excluding hydrogens is 357 g/mol. The Morgan fingerprint density at radius 3 is 2.64 bits per heavy atom. The summed E-state index contributed by atoms with van der Waals surface area (Å²) in [6.45, 7) is 1.49. The van der Waals surface area contributed by atoms with E-state index in [1.807, 2.05) is 0 Å². The number of alkyl halides is 3. The van der Waals surface area contributed by atoms with E-state index in [2.05, 4.69) is 10.0 Å². The van der Waals surface area contributed by atoms with Gasteiger partial charge in [0.05, 0.1) is 11.7 Å². The minimum Gasteiger partial charge on any atom is -0.349 e. The highest BCUT2D eigenvalue weighted by molar-refractivity contribution is 7.92. The van der Waals surface area contributed by atoms with E-state index in [1.54, 1.807) is 0 Å². The molecule has 0 saturated heterocycles. The molecule has 2 atom stereocenters. The fraction of sp³-hybridized carbons (Fsp3) is 0.562. The maximum atomic E-state index is 12.8. The molecule has 1 aliphatic rings. The van der Waals surface area contributed by atoms with Gasteiger partial charge >= 0.3 is 6.18 Å². The van der Waals surface area contributed by atoms with Crippen molar-refractivity contribution < 1.29 is 26.4 Å². The first-order valence-corrected chi connectivity index (χ1v) is 9.74. The largest absolute Gasteiger partial charge is 0.391 e. The summed E-state index contributed by atoms with van der Waals surface area (Å²) in [5.74, 6) is -2.01. The van der Waals surface area contributed by atoms with Gasteiger partial charge in [-0.15, -0.1) is 0 Å². The lowest BCUT2D eigenvalue weighted by molar-refractivity contribution is -0.183. The Labute approximate surface area is 145 Å². The monoisotopic (exact) mass is 378 g/mol. The minimum atomic E-state index is -4.25. The van der Waals surface area contributed by atoms with Crippen LogP contribution in [0.2, 0.25) is 0 Å². The highest BCUT2D eigenvalue weighted by atomic mass is 32.2. The van der Waals surface area contributed by atoms with Crippen molar-refractivity contribution in [3.8, 4) is 0 Å². The summed E-state index contributed by atoms with van der Waals surface area (Å²) in [6, 6.07) is 5.34. The van der Waals surface area contributed by atoms with Crippen LogP contribution in [0, 0.1) is 5.92 Å². The van der Waals surface area contributed by atoms with Crippen molar-refractivity contribution in [3.05, 3.63) is 29.8 Å². The number of halogens is 3. The number of hydrogen-bond acceptors (Lipinski definition) is 3. The molecule has 2 N–H and O–H groups in total. The lowest BCUT2D eigenvalue weighted by Gasteiger charge is -2.31. The second-order valence-corrected chi connectivity index (χ2v) is 8.17. The maximum Gasteiger partial charge on any atom is 0.391 e. The first-order chi connectivity index (χ1) is 11.6. The van der Waals surface area contributed by atoms with Gasteiger partial charge in [-0.05, 0) is 44.4 Å². The number of anilines is 1. The summed E-state index contributed by atoms with van der Waals surface area (Å²) in [4.78, 5) is 12.3. The molecule has 140 valence electrons. The van der Waals surface area contributed by atoms with Gasteiger partial charge in [-0.3, -0.25) is 9.52 Å². The van der Waals surface area contributed by atoms with Crippen molar-refractivity contribution in [2.45, 2.75) is 44.8 Å². The number of benzene rings is 1. The van der Waals surface area contributed by atoms with Crippen molar-refractivity contribution in [2.75, 3.05) is 10.5 Å². The van der Waals surface area contributed by atoms with Crippen LogP contribution < -0.4 is 10.0 Å². The van der Waals surface area contributed by atoms with E-state index in [9.17, 15) is 26.4 Å². The number of carbonyl (C=O) groups is 1. The third-order valence-electron chi connectivity index (χ3n) is 4.25. The van der Waals surface area contributed by atoms with Gasteiger partial charge in [-0.2, -0.15) is 13.2 Å². The highest BCUT2D eigenvalue weighted by Crippen LogP contribution is 2.37. The first-order valence-electron chi connectivity index (χ1n) is 8.09. The van der Waals surface area contributed by atoms with Crippen LogP contribution in [0.4, 0.5) is 18.9 Å². The lowest BCUT2D eigenvalue weighted by atomic mass is 9.85. The molecule has 1 aromatic rings. The van der Waals surface area contributed by atoms with Gasteiger partial charge in [0.25, 0.3) is 5.91 Å². The fourth-order valence-electron chi connectivity index (χ4n) is 2.86. The molecule has 25 heavy (non-hydrogen) atoms. The van der Waals surface area contributed by atoms with E-state index >= 15 is 0 Å². The van der Waals surface area contributed by atoms with Crippen molar-refractivity contribution in [3.63, 3.8) is 0 Å². The second-order valence-electron chi connectivity index (χ2n) is 6.16. The number of hydrogen-bond donors (Lipinski definition) is 2. The minimum absolute atomic E-state index is 0.0875. The van der Waals surface area contributed by atoms with Gasteiger partial charge in [-0.25, -0.2) is 8.42 Å². The molecule has 2 unspecified atom stereocenters. The average molecular weight is 378 g/mol. The Morgan fingerprint density at radius 2 is 2.00 bits per heavy atom. The Morgan fingerprint density at radius 1 is 1.28 bits per heavy atom. The lowest BCUT2D eigenvalue weighted by Crippen LogP contribution is -2.41. The van der Waals surface area contributed by atoms with Crippen LogP contribution in [0.25, 0.3) is 0 Å². The molecule has 1 fully saturated rings. The third-order valence-corrected chi connectivity index (χ3v) is 5.56. The number of sulfonamides is 1. The van der Waals surface area contributed by atoms with Crippen LogP contribution in [0.1, 0.15) is 43.0 Å². The van der Waals surface area contributed by atoms with E-state index in [-0.39, 0.29) is 29.8 Å². The molecule has 1 saturated carbocycles. The molecular formula is C16H21F3N2O3S. The molecule has 9 heteroatoms. The Balaban J connectivity index is 2.03. The third kappa shape index (κ3) is 5.62. The molecule has 1 amide bonds. The van der Waals surface area contributed by atoms with Gasteiger partial charge in [-0.1, -0.05) is 12.5 Å².